The van der Waals surface area contributed by atoms with Gasteiger partial charge in [0, 0.05) is 31.7 Å². The summed E-state index contributed by atoms with van der Waals surface area (Å²) in [5.74, 6) is -1.64. The number of carboxylic acid groups (broad SMARTS) is 1. The molecular weight excluding hydrogens is 366 g/mol. The van der Waals surface area contributed by atoms with E-state index in [4.69, 9.17) is 9.84 Å². The first-order chi connectivity index (χ1) is 13.5. The fraction of sp³-hybridized carbons (Fsp3) is 0.474. The van der Waals surface area contributed by atoms with Gasteiger partial charge in [-0.3, -0.25) is 4.79 Å². The molecule has 0 aliphatic carbocycles. The van der Waals surface area contributed by atoms with E-state index in [1.165, 1.54) is 4.90 Å². The molecule has 3 rings (SSSR count). The lowest BCUT2D eigenvalue weighted by molar-refractivity contribution is -0.138. The molecule has 0 aromatic heterocycles. The maximum Gasteiger partial charge on any atom is 0.417 e. The molecule has 0 radical (unpaired) electrons. The highest BCUT2D eigenvalue weighted by atomic mass is 16.6. The van der Waals surface area contributed by atoms with Crippen LogP contribution in [0.4, 0.5) is 9.59 Å². The average molecular weight is 389 g/mol. The van der Waals surface area contributed by atoms with Crippen molar-refractivity contribution in [1.82, 2.24) is 15.1 Å². The zero-order chi connectivity index (χ0) is 20.1. The Bertz CT molecular complexity index is 745. The number of nitrogens with zero attached hydrogens (tertiary/aromatic N) is 2. The maximum absolute atomic E-state index is 12.3. The topological polar surface area (TPSA) is 116 Å². The number of aliphatic carboxylic acids is 1. The number of carbonyl (C=O) groups is 4. The quantitative estimate of drug-likeness (QED) is 0.598. The van der Waals surface area contributed by atoms with Crippen LogP contribution in [-0.4, -0.2) is 70.7 Å². The second-order valence-corrected chi connectivity index (χ2v) is 6.92. The van der Waals surface area contributed by atoms with Gasteiger partial charge in [-0.1, -0.05) is 18.2 Å². The fourth-order valence-electron chi connectivity index (χ4n) is 3.71. The Kier molecular flexibility index (Phi) is 6.13. The molecule has 1 unspecified atom stereocenters. The molecule has 2 fully saturated rings. The summed E-state index contributed by atoms with van der Waals surface area (Å²) < 4.78 is 4.93. The molecule has 2 N–H and O–H groups in total. The van der Waals surface area contributed by atoms with E-state index >= 15 is 0 Å². The zero-order valence-corrected chi connectivity index (χ0v) is 15.4. The summed E-state index contributed by atoms with van der Waals surface area (Å²) in [6, 6.07) is 7.50. The van der Waals surface area contributed by atoms with E-state index in [9.17, 15) is 19.2 Å². The van der Waals surface area contributed by atoms with E-state index in [0.29, 0.717) is 44.5 Å². The van der Waals surface area contributed by atoms with Crippen molar-refractivity contribution in [1.29, 1.82) is 0 Å². The van der Waals surface area contributed by atoms with Crippen molar-refractivity contribution < 1.29 is 29.0 Å². The number of hydrogen-bond acceptors (Lipinski definition) is 5. The molecule has 2 aliphatic heterocycles. The number of likely N-dealkylation sites (tertiary alicyclic amines) is 1. The van der Waals surface area contributed by atoms with Gasteiger partial charge in [-0.05, 0) is 31.4 Å². The van der Waals surface area contributed by atoms with Crippen LogP contribution in [0.5, 0.6) is 0 Å². The fourth-order valence-corrected chi connectivity index (χ4v) is 3.71. The second-order valence-electron chi connectivity index (χ2n) is 6.92. The van der Waals surface area contributed by atoms with Crippen molar-refractivity contribution in [3.05, 3.63) is 35.9 Å². The number of hydrogen-bond donors (Lipinski definition) is 2. The molecule has 9 heteroatoms. The van der Waals surface area contributed by atoms with Crippen LogP contribution in [0.15, 0.2) is 30.3 Å². The van der Waals surface area contributed by atoms with Gasteiger partial charge in [0.25, 0.3) is 0 Å². The van der Waals surface area contributed by atoms with Crippen molar-refractivity contribution in [3.63, 3.8) is 0 Å². The van der Waals surface area contributed by atoms with Gasteiger partial charge in [-0.15, -0.1) is 0 Å². The average Bonchev–Trinajstić information content (AvgIpc) is 2.68. The van der Waals surface area contributed by atoms with Crippen molar-refractivity contribution in [2.24, 2.45) is 0 Å². The van der Waals surface area contributed by atoms with Gasteiger partial charge >= 0.3 is 24.1 Å². The first-order valence-corrected chi connectivity index (χ1v) is 9.30. The summed E-state index contributed by atoms with van der Waals surface area (Å²) in [6.45, 7) is 1.12. The molecule has 1 aromatic rings. The summed E-state index contributed by atoms with van der Waals surface area (Å²) in [4.78, 5) is 50.7. The third-order valence-corrected chi connectivity index (χ3v) is 5.10. The van der Waals surface area contributed by atoms with Gasteiger partial charge in [-0.25, -0.2) is 14.4 Å². The number of carbonyl (C=O) groups excluding carboxylic acids is 3. The highest BCUT2D eigenvalue weighted by Crippen LogP contribution is 2.24. The Hall–Kier alpha value is -3.10. The molecule has 28 heavy (non-hydrogen) atoms. The minimum absolute atomic E-state index is 0.0960. The van der Waals surface area contributed by atoms with Gasteiger partial charge in [0.05, 0.1) is 12.0 Å². The normalized spacial score (nSPS) is 20.4. The van der Waals surface area contributed by atoms with Gasteiger partial charge in [0.2, 0.25) is 0 Å². The summed E-state index contributed by atoms with van der Waals surface area (Å²) in [7, 11) is 0. The molecule has 0 bridgehead atoms. The smallest absolute Gasteiger partial charge is 0.417 e. The lowest BCUT2D eigenvalue weighted by atomic mass is 9.97. The molecule has 0 saturated carbocycles. The Morgan fingerprint density at radius 3 is 2.43 bits per heavy atom. The van der Waals surface area contributed by atoms with Gasteiger partial charge in [0.15, 0.2) is 0 Å². The Balaban J connectivity index is 1.55. The first-order valence-electron chi connectivity index (χ1n) is 9.30. The van der Waals surface area contributed by atoms with Crippen molar-refractivity contribution >= 4 is 24.1 Å². The number of ether oxygens (including phenoxy) is 1. The number of rotatable bonds is 4. The summed E-state index contributed by atoms with van der Waals surface area (Å²) in [6.07, 6.45) is 0.765. The molecule has 150 valence electrons. The van der Waals surface area contributed by atoms with Crippen LogP contribution in [0.25, 0.3) is 0 Å². The van der Waals surface area contributed by atoms with E-state index in [-0.39, 0.29) is 24.5 Å². The minimum Gasteiger partial charge on any atom is -0.481 e. The molecule has 1 atom stereocenters. The summed E-state index contributed by atoms with van der Waals surface area (Å²) >= 11 is 0. The largest absolute Gasteiger partial charge is 0.481 e. The van der Waals surface area contributed by atoms with E-state index < -0.39 is 18.0 Å². The Morgan fingerprint density at radius 2 is 1.79 bits per heavy atom. The van der Waals surface area contributed by atoms with Crippen LogP contribution in [0.3, 0.4) is 0 Å². The van der Waals surface area contributed by atoms with Crippen molar-refractivity contribution in [3.8, 4) is 0 Å². The highest BCUT2D eigenvalue weighted by molar-refractivity contribution is 5.96. The second kappa shape index (κ2) is 8.73. The van der Waals surface area contributed by atoms with Crippen molar-refractivity contribution in [2.75, 3.05) is 19.6 Å². The van der Waals surface area contributed by atoms with Crippen LogP contribution in [0, 0.1) is 0 Å². The molecule has 2 heterocycles. The van der Waals surface area contributed by atoms with Gasteiger partial charge in [0.1, 0.15) is 0 Å². The molecule has 9 nitrogen and oxygen atoms in total. The van der Waals surface area contributed by atoms with Crippen molar-refractivity contribution in [2.45, 2.75) is 37.8 Å². The first kappa shape index (κ1) is 19.7. The van der Waals surface area contributed by atoms with Crippen LogP contribution in [0.2, 0.25) is 0 Å². The highest BCUT2D eigenvalue weighted by Gasteiger charge is 2.37. The Morgan fingerprint density at radius 1 is 1.11 bits per heavy atom. The van der Waals surface area contributed by atoms with E-state index in [0.717, 1.165) is 0 Å². The van der Waals surface area contributed by atoms with Gasteiger partial charge in [-0.2, -0.15) is 0 Å². The monoisotopic (exact) mass is 389 g/mol. The number of carboxylic acids is 1. The molecule has 0 spiro atoms. The summed E-state index contributed by atoms with van der Waals surface area (Å²) in [5.41, 5.74) is 0.298. The van der Waals surface area contributed by atoms with Crippen LogP contribution in [-0.2, 0) is 9.53 Å². The van der Waals surface area contributed by atoms with Gasteiger partial charge < -0.3 is 25.0 Å². The number of piperidine rings is 1. The molecule has 2 saturated heterocycles. The number of amides is 3. The predicted molar refractivity (Wildman–Crippen MR) is 97.7 cm³/mol. The molecule has 1 aromatic carbocycles. The van der Waals surface area contributed by atoms with E-state index in [1.54, 1.807) is 35.2 Å². The number of esters is 1. The van der Waals surface area contributed by atoms with Crippen LogP contribution in [0.1, 0.15) is 36.0 Å². The number of urea groups is 1. The van der Waals surface area contributed by atoms with E-state index in [1.807, 2.05) is 0 Å². The summed E-state index contributed by atoms with van der Waals surface area (Å²) in [5, 5.41) is 11.9. The lowest BCUT2D eigenvalue weighted by Gasteiger charge is -2.44. The molecule has 2 aliphatic rings. The third kappa shape index (κ3) is 4.59. The van der Waals surface area contributed by atoms with Crippen LogP contribution >= 0.6 is 0 Å². The Labute approximate surface area is 162 Å². The van der Waals surface area contributed by atoms with E-state index in [2.05, 4.69) is 5.32 Å². The third-order valence-electron chi connectivity index (χ3n) is 5.10. The zero-order valence-electron chi connectivity index (χ0n) is 15.4. The van der Waals surface area contributed by atoms with Crippen LogP contribution < -0.4 is 5.32 Å². The maximum atomic E-state index is 12.3. The lowest BCUT2D eigenvalue weighted by Crippen LogP contribution is -2.59. The SMILES string of the molecule is O=C(O)CC1CCNC(=O)N1C1CCN(C(=O)OC(=O)c2ccccc2)CC1. The predicted octanol–water partition coefficient (Wildman–Crippen LogP) is 1.69. The number of benzene rings is 1. The standard InChI is InChI=1S/C19H23N3O6/c23-16(24)12-15-6-9-20-18(26)22(15)14-7-10-21(11-8-14)19(27)28-17(25)13-4-2-1-3-5-13/h1-5,14-15H,6-12H2,(H,20,26)(H,23,24). The molecular formula is C19H23N3O6. The minimum atomic E-state index is -0.940. The molecule has 3 amide bonds. The number of nitrogens with one attached hydrogen (secondary N) is 1.